The van der Waals surface area contributed by atoms with Crippen molar-refractivity contribution < 1.29 is 19.6 Å². The Labute approximate surface area is 137 Å². The van der Waals surface area contributed by atoms with Crippen molar-refractivity contribution in [3.05, 3.63) is 64.2 Å². The largest absolute Gasteiger partial charge is 0.480 e. The van der Waals surface area contributed by atoms with E-state index in [1.165, 1.54) is 35.4 Å². The molecule has 1 unspecified atom stereocenters. The van der Waals surface area contributed by atoms with Crippen LogP contribution in [-0.2, 0) is 16.0 Å². The van der Waals surface area contributed by atoms with Gasteiger partial charge in [0.15, 0.2) is 11.3 Å². The predicted octanol–water partition coefficient (Wildman–Crippen LogP) is 2.18. The van der Waals surface area contributed by atoms with Gasteiger partial charge in [-0.15, -0.1) is 0 Å². The van der Waals surface area contributed by atoms with Crippen molar-refractivity contribution >= 4 is 17.4 Å². The first-order valence-corrected chi connectivity index (χ1v) is 7.11. The van der Waals surface area contributed by atoms with Crippen LogP contribution in [0, 0.1) is 10.1 Å². The molecule has 0 saturated carbocycles. The number of carboxylic acids is 1. The van der Waals surface area contributed by atoms with E-state index in [2.05, 4.69) is 24.3 Å². The maximum absolute atomic E-state index is 11.3. The third kappa shape index (κ3) is 3.82. The summed E-state index contributed by atoms with van der Waals surface area (Å²) in [6, 6.07) is 13.9. The number of rotatable bonds is 5. The molecule has 3 rings (SSSR count). The Morgan fingerprint density at radius 2 is 1.75 bits per heavy atom. The lowest BCUT2D eigenvalue weighted by Gasteiger charge is -2.21. The van der Waals surface area contributed by atoms with Crippen molar-refractivity contribution in [2.24, 2.45) is 5.73 Å². The van der Waals surface area contributed by atoms with E-state index in [0.717, 1.165) is 6.92 Å². The Hall–Kier alpha value is -3.06. The molecule has 0 amide bonds. The van der Waals surface area contributed by atoms with Crippen LogP contribution in [0.2, 0.25) is 0 Å². The Morgan fingerprint density at radius 3 is 2.12 bits per heavy atom. The second-order valence-electron chi connectivity index (χ2n) is 5.52. The second-order valence-corrected chi connectivity index (χ2v) is 5.52. The smallest absolute Gasteiger partial charge is 0.331 e. The fourth-order valence-corrected chi connectivity index (χ4v) is 2.13. The molecule has 2 aliphatic rings. The number of ketones is 1. The molecule has 2 aliphatic carbocycles. The number of Topliss-reactive ketones (excluding diaryl/α,β-unsaturated/α-hetero) is 1. The van der Waals surface area contributed by atoms with Crippen LogP contribution in [0.1, 0.15) is 12.5 Å². The van der Waals surface area contributed by atoms with E-state index in [-0.39, 0.29) is 12.1 Å². The van der Waals surface area contributed by atoms with Crippen molar-refractivity contribution in [3.63, 3.8) is 0 Å². The number of nitro groups is 1. The first-order valence-electron chi connectivity index (χ1n) is 7.11. The number of hydrogen-bond donors (Lipinski definition) is 2. The molecule has 0 bridgehead atoms. The van der Waals surface area contributed by atoms with Gasteiger partial charge in [0, 0.05) is 18.6 Å². The summed E-state index contributed by atoms with van der Waals surface area (Å²) in [4.78, 5) is 32.3. The van der Waals surface area contributed by atoms with E-state index in [1.807, 2.05) is 0 Å². The first-order chi connectivity index (χ1) is 11.2. The number of hydrogen-bond acceptors (Lipinski definition) is 5. The van der Waals surface area contributed by atoms with Gasteiger partial charge < -0.3 is 10.8 Å². The Kier molecular flexibility index (Phi) is 4.75. The molecule has 1 atom stereocenters. The minimum Gasteiger partial charge on any atom is -0.480 e. The molecule has 1 aromatic rings. The fraction of sp³-hybridized carbons (Fsp3) is 0.176. The minimum atomic E-state index is -2.06. The molecule has 0 fully saturated rings. The Balaban J connectivity index is 0.000000282. The van der Waals surface area contributed by atoms with Gasteiger partial charge in [-0.05, 0) is 29.7 Å². The van der Waals surface area contributed by atoms with Gasteiger partial charge in [0.25, 0.3) is 5.69 Å². The normalized spacial score (nSPS) is 13.1. The van der Waals surface area contributed by atoms with E-state index in [4.69, 9.17) is 10.8 Å². The number of benzene rings is 2. The maximum atomic E-state index is 11.3. The van der Waals surface area contributed by atoms with Crippen molar-refractivity contribution in [2.75, 3.05) is 0 Å². The summed E-state index contributed by atoms with van der Waals surface area (Å²) < 4.78 is 0. The Morgan fingerprint density at radius 1 is 1.17 bits per heavy atom. The molecule has 1 aromatic carbocycles. The maximum Gasteiger partial charge on any atom is 0.331 e. The van der Waals surface area contributed by atoms with Crippen molar-refractivity contribution in [3.8, 4) is 11.1 Å². The van der Waals surface area contributed by atoms with Crippen molar-refractivity contribution in [1.82, 2.24) is 0 Å². The topological polar surface area (TPSA) is 124 Å². The molecule has 3 N–H and O–H groups in total. The molecule has 7 nitrogen and oxygen atoms in total. The average molecular weight is 328 g/mol. The third-order valence-electron chi connectivity index (χ3n) is 3.73. The summed E-state index contributed by atoms with van der Waals surface area (Å²) >= 11 is 0. The summed E-state index contributed by atoms with van der Waals surface area (Å²) in [5.41, 5.74) is 6.46. The number of nitrogens with two attached hydrogens (primary N) is 1. The zero-order valence-corrected chi connectivity index (χ0v) is 12.9. The van der Waals surface area contributed by atoms with Crippen LogP contribution in [0.3, 0.4) is 0 Å². The molecule has 7 heteroatoms. The highest BCUT2D eigenvalue weighted by Crippen LogP contribution is 2.32. The quantitative estimate of drug-likeness (QED) is 0.420. The van der Waals surface area contributed by atoms with Crippen LogP contribution in [0.4, 0.5) is 5.69 Å². The van der Waals surface area contributed by atoms with Crippen LogP contribution in [0.5, 0.6) is 0 Å². The van der Waals surface area contributed by atoms with Gasteiger partial charge in [-0.3, -0.25) is 14.9 Å². The molecule has 0 saturated heterocycles. The van der Waals surface area contributed by atoms with Gasteiger partial charge >= 0.3 is 5.97 Å². The number of non-ortho nitro benzene ring substituents is 1. The van der Waals surface area contributed by atoms with E-state index in [1.54, 1.807) is 0 Å². The minimum absolute atomic E-state index is 0.177. The second kappa shape index (κ2) is 6.59. The highest BCUT2D eigenvalue weighted by Gasteiger charge is 2.39. The number of carboxylic acid groups (broad SMARTS) is 1. The Bertz CT molecular complexity index is 785. The highest BCUT2D eigenvalue weighted by atomic mass is 16.6. The summed E-state index contributed by atoms with van der Waals surface area (Å²) in [7, 11) is 0. The third-order valence-corrected chi connectivity index (χ3v) is 3.73. The van der Waals surface area contributed by atoms with Crippen LogP contribution < -0.4 is 5.73 Å². The number of carbonyl (C=O) groups is 2. The first kappa shape index (κ1) is 17.3. The number of aliphatic carboxylic acids is 1. The van der Waals surface area contributed by atoms with Gasteiger partial charge in [0.05, 0.1) is 4.92 Å². The van der Waals surface area contributed by atoms with Gasteiger partial charge in [-0.1, -0.05) is 30.3 Å². The summed E-state index contributed by atoms with van der Waals surface area (Å²) in [6.45, 7) is 1.07. The van der Waals surface area contributed by atoms with Gasteiger partial charge in [0.1, 0.15) is 0 Å². The molecule has 0 aliphatic heterocycles. The van der Waals surface area contributed by atoms with Gasteiger partial charge in [0.2, 0.25) is 0 Å². The van der Waals surface area contributed by atoms with Crippen LogP contribution in [-0.4, -0.2) is 27.3 Å². The summed E-state index contributed by atoms with van der Waals surface area (Å²) in [5, 5.41) is 19.5. The van der Waals surface area contributed by atoms with Crippen LogP contribution in [0.25, 0.3) is 11.1 Å². The fourth-order valence-electron chi connectivity index (χ4n) is 2.13. The molecule has 0 aromatic heterocycles. The average Bonchev–Trinajstić information content (AvgIpc) is 3.13. The molecule has 24 heavy (non-hydrogen) atoms. The monoisotopic (exact) mass is 328 g/mol. The molecule has 0 heterocycles. The van der Waals surface area contributed by atoms with Crippen LogP contribution in [0.15, 0.2) is 48.5 Å². The molecule has 124 valence electrons. The standard InChI is InChI=1S/C11H12N2O5.C6H4/c1-7(14)11(12,10(15)16)6-8-3-2-4-9(5-8)13(17)18;1-2-5-4-6(5)3-1/h2-5H,6,12H2,1H3,(H,15,16);1-4H. The number of carbonyl (C=O) groups excluding carboxylic acids is 1. The van der Waals surface area contributed by atoms with E-state index >= 15 is 0 Å². The zero-order valence-electron chi connectivity index (χ0n) is 12.9. The number of nitro benzene ring substituents is 1. The van der Waals surface area contributed by atoms with Gasteiger partial charge in [-0.25, -0.2) is 4.79 Å². The summed E-state index contributed by atoms with van der Waals surface area (Å²) in [5.74, 6) is -2.16. The molecular weight excluding hydrogens is 312 g/mol. The highest BCUT2D eigenvalue weighted by molar-refractivity contribution is 6.06. The van der Waals surface area contributed by atoms with E-state index in [0.29, 0.717) is 5.56 Å². The summed E-state index contributed by atoms with van der Waals surface area (Å²) in [6.07, 6.45) is -0.292. The lowest BCUT2D eigenvalue weighted by atomic mass is 9.88. The van der Waals surface area contributed by atoms with Crippen molar-refractivity contribution in [1.29, 1.82) is 0 Å². The molecular formula is C17H16N2O5. The van der Waals surface area contributed by atoms with E-state index < -0.39 is 22.2 Å². The number of nitrogens with zero attached hydrogens (tertiary/aromatic N) is 1. The zero-order chi connectivity index (χ0) is 17.9. The molecule has 0 radical (unpaired) electrons. The molecule has 0 spiro atoms. The van der Waals surface area contributed by atoms with Crippen molar-refractivity contribution in [2.45, 2.75) is 18.9 Å². The predicted molar refractivity (Wildman–Crippen MR) is 87.5 cm³/mol. The number of fused-ring (bicyclic) bond motifs is 1. The SMILES string of the molecule is CC(=O)C(N)(Cc1cccc([N+](=O)[O-])c1)C(=O)O.c1cc2cc-2c1. The lowest BCUT2D eigenvalue weighted by molar-refractivity contribution is -0.384. The van der Waals surface area contributed by atoms with Crippen LogP contribution >= 0.6 is 0 Å². The van der Waals surface area contributed by atoms with Gasteiger partial charge in [-0.2, -0.15) is 0 Å². The van der Waals surface area contributed by atoms with E-state index in [9.17, 15) is 19.7 Å². The lowest BCUT2D eigenvalue weighted by Crippen LogP contribution is -2.55.